The number of hydrogen-bond donors (Lipinski definition) is 1. The van der Waals surface area contributed by atoms with Crippen LogP contribution in [0.1, 0.15) is 38.9 Å². The van der Waals surface area contributed by atoms with Gasteiger partial charge in [0.1, 0.15) is 5.75 Å². The highest BCUT2D eigenvalue weighted by Crippen LogP contribution is 2.25. The summed E-state index contributed by atoms with van der Waals surface area (Å²) in [6, 6.07) is 8.68. The van der Waals surface area contributed by atoms with E-state index in [1.54, 1.807) is 0 Å². The van der Waals surface area contributed by atoms with Gasteiger partial charge in [-0.15, -0.1) is 0 Å². The molecule has 0 saturated carbocycles. The number of benzene rings is 2. The van der Waals surface area contributed by atoms with E-state index in [1.165, 1.54) is 27.8 Å². The zero-order valence-corrected chi connectivity index (χ0v) is 12.5. The smallest absolute Gasteiger partial charge is 0.121 e. The Morgan fingerprint density at radius 3 is 1.47 bits per heavy atom. The van der Waals surface area contributed by atoms with Crippen LogP contribution in [-0.4, -0.2) is 5.11 Å². The summed E-state index contributed by atoms with van der Waals surface area (Å²) in [5.41, 5.74) is 8.58. The molecule has 0 radical (unpaired) electrons. The molecule has 0 bridgehead atoms. The Balaban J connectivity index is 2.36. The van der Waals surface area contributed by atoms with Gasteiger partial charge in [-0.2, -0.15) is 0 Å². The first kappa shape index (κ1) is 13.7. The first-order valence-electron chi connectivity index (χ1n) is 6.74. The first-order chi connectivity index (χ1) is 8.88. The average molecular weight is 254 g/mol. The molecule has 19 heavy (non-hydrogen) atoms. The van der Waals surface area contributed by atoms with Crippen molar-refractivity contribution in [3.05, 3.63) is 63.2 Å². The summed E-state index contributed by atoms with van der Waals surface area (Å²) in [6.07, 6.45) is 0.921. The topological polar surface area (TPSA) is 20.2 Å². The second kappa shape index (κ2) is 5.08. The van der Waals surface area contributed by atoms with Crippen molar-refractivity contribution in [2.24, 2.45) is 0 Å². The highest BCUT2D eigenvalue weighted by molar-refractivity contribution is 5.45. The Bertz CT molecular complexity index is 522. The van der Waals surface area contributed by atoms with Gasteiger partial charge in [-0.25, -0.2) is 0 Å². The van der Waals surface area contributed by atoms with E-state index in [2.05, 4.69) is 45.0 Å². The van der Waals surface area contributed by atoms with Crippen molar-refractivity contribution in [3.63, 3.8) is 0 Å². The number of phenols is 1. The second-order valence-corrected chi connectivity index (χ2v) is 5.61. The van der Waals surface area contributed by atoms with Gasteiger partial charge in [-0.1, -0.05) is 24.3 Å². The van der Waals surface area contributed by atoms with Crippen molar-refractivity contribution < 1.29 is 5.11 Å². The zero-order valence-electron chi connectivity index (χ0n) is 12.5. The summed E-state index contributed by atoms with van der Waals surface area (Å²) in [6.45, 7) is 10.4. The van der Waals surface area contributed by atoms with E-state index in [9.17, 15) is 5.11 Å². The molecular weight excluding hydrogens is 232 g/mol. The average Bonchev–Trinajstić information content (AvgIpc) is 2.33. The fourth-order valence-corrected chi connectivity index (χ4v) is 2.61. The molecule has 0 aromatic heterocycles. The van der Waals surface area contributed by atoms with E-state index < -0.39 is 0 Å². The molecule has 1 nitrogen and oxygen atoms in total. The molecule has 0 saturated heterocycles. The maximum atomic E-state index is 9.82. The lowest BCUT2D eigenvalue weighted by Gasteiger charge is -2.11. The van der Waals surface area contributed by atoms with Crippen molar-refractivity contribution in [1.29, 1.82) is 0 Å². The maximum Gasteiger partial charge on any atom is 0.121 e. The summed E-state index contributed by atoms with van der Waals surface area (Å²) in [4.78, 5) is 0. The molecule has 2 rings (SSSR count). The van der Waals surface area contributed by atoms with Crippen molar-refractivity contribution in [3.8, 4) is 5.75 Å². The minimum Gasteiger partial charge on any atom is -0.507 e. The van der Waals surface area contributed by atoms with Crippen LogP contribution in [0.3, 0.4) is 0 Å². The molecule has 1 N–H and O–H groups in total. The van der Waals surface area contributed by atoms with Gasteiger partial charge in [-0.3, -0.25) is 0 Å². The molecule has 0 spiro atoms. The standard InChI is InChI=1S/C18H22O/c1-11-6-16(7-12(2)15(11)5)10-17-8-13(3)18(19)14(4)9-17/h6-9,19H,10H2,1-5H3. The van der Waals surface area contributed by atoms with Gasteiger partial charge in [-0.05, 0) is 80.0 Å². The molecule has 0 heterocycles. The molecule has 100 valence electrons. The molecule has 2 aromatic rings. The van der Waals surface area contributed by atoms with Gasteiger partial charge in [0.15, 0.2) is 0 Å². The fraction of sp³-hybridized carbons (Fsp3) is 0.333. The Labute approximate surface area is 115 Å². The minimum atomic E-state index is 0.417. The Morgan fingerprint density at radius 2 is 1.05 bits per heavy atom. The van der Waals surface area contributed by atoms with Gasteiger partial charge >= 0.3 is 0 Å². The number of phenolic OH excluding ortho intramolecular Hbond substituents is 1. The Morgan fingerprint density at radius 1 is 0.684 bits per heavy atom. The van der Waals surface area contributed by atoms with E-state index in [1.807, 2.05) is 13.8 Å². The van der Waals surface area contributed by atoms with Crippen LogP contribution in [0.15, 0.2) is 24.3 Å². The normalized spacial score (nSPS) is 10.8. The molecule has 2 aromatic carbocycles. The van der Waals surface area contributed by atoms with E-state index in [-0.39, 0.29) is 0 Å². The van der Waals surface area contributed by atoms with Crippen molar-refractivity contribution in [2.45, 2.75) is 41.0 Å². The minimum absolute atomic E-state index is 0.417. The maximum absolute atomic E-state index is 9.82. The molecular formula is C18H22O. The number of rotatable bonds is 2. The lowest BCUT2D eigenvalue weighted by atomic mass is 9.95. The lowest BCUT2D eigenvalue weighted by molar-refractivity contribution is 0.466. The summed E-state index contributed by atoms with van der Waals surface area (Å²) < 4.78 is 0. The number of aromatic hydroxyl groups is 1. The van der Waals surface area contributed by atoms with Crippen molar-refractivity contribution >= 4 is 0 Å². The quantitative estimate of drug-likeness (QED) is 0.835. The molecule has 0 aliphatic heterocycles. The lowest BCUT2D eigenvalue weighted by Crippen LogP contribution is -1.95. The molecule has 0 fully saturated rings. The van der Waals surface area contributed by atoms with Crippen LogP contribution in [-0.2, 0) is 6.42 Å². The Hall–Kier alpha value is -1.76. The zero-order chi connectivity index (χ0) is 14.2. The third kappa shape index (κ3) is 2.81. The number of hydrogen-bond acceptors (Lipinski definition) is 1. The van der Waals surface area contributed by atoms with Crippen LogP contribution >= 0.6 is 0 Å². The van der Waals surface area contributed by atoms with Gasteiger partial charge in [0, 0.05) is 0 Å². The Kier molecular flexibility index (Phi) is 3.66. The summed E-state index contributed by atoms with van der Waals surface area (Å²) in [7, 11) is 0. The monoisotopic (exact) mass is 254 g/mol. The van der Waals surface area contributed by atoms with Gasteiger partial charge < -0.3 is 5.11 Å². The van der Waals surface area contributed by atoms with Gasteiger partial charge in [0.2, 0.25) is 0 Å². The predicted octanol–water partition coefficient (Wildman–Crippen LogP) is 4.53. The first-order valence-corrected chi connectivity index (χ1v) is 6.74. The third-order valence-corrected chi connectivity index (χ3v) is 3.95. The summed E-state index contributed by atoms with van der Waals surface area (Å²) >= 11 is 0. The molecule has 0 aliphatic carbocycles. The second-order valence-electron chi connectivity index (χ2n) is 5.61. The highest BCUT2D eigenvalue weighted by atomic mass is 16.3. The molecule has 0 unspecified atom stereocenters. The van der Waals surface area contributed by atoms with Gasteiger partial charge in [0.25, 0.3) is 0 Å². The van der Waals surface area contributed by atoms with E-state index in [4.69, 9.17) is 0 Å². The largest absolute Gasteiger partial charge is 0.507 e. The summed E-state index contributed by atoms with van der Waals surface area (Å²) in [5.74, 6) is 0.417. The van der Waals surface area contributed by atoms with Crippen LogP contribution in [0.2, 0.25) is 0 Å². The molecule has 0 atom stereocenters. The number of aryl methyl sites for hydroxylation is 4. The van der Waals surface area contributed by atoms with Crippen LogP contribution in [0.4, 0.5) is 0 Å². The van der Waals surface area contributed by atoms with Gasteiger partial charge in [0.05, 0.1) is 0 Å². The predicted molar refractivity (Wildman–Crippen MR) is 81.0 cm³/mol. The third-order valence-electron chi connectivity index (χ3n) is 3.95. The van der Waals surface area contributed by atoms with E-state index in [0.717, 1.165) is 17.5 Å². The highest BCUT2D eigenvalue weighted by Gasteiger charge is 2.06. The summed E-state index contributed by atoms with van der Waals surface area (Å²) in [5, 5.41) is 9.82. The molecule has 1 heteroatoms. The fourth-order valence-electron chi connectivity index (χ4n) is 2.61. The van der Waals surface area contributed by atoms with E-state index >= 15 is 0 Å². The molecule has 0 amide bonds. The van der Waals surface area contributed by atoms with Crippen LogP contribution in [0.5, 0.6) is 5.75 Å². The SMILES string of the molecule is Cc1cc(Cc2cc(C)c(O)c(C)c2)cc(C)c1C. The van der Waals surface area contributed by atoms with Crippen molar-refractivity contribution in [1.82, 2.24) is 0 Å². The van der Waals surface area contributed by atoms with Crippen molar-refractivity contribution in [2.75, 3.05) is 0 Å². The van der Waals surface area contributed by atoms with Crippen LogP contribution < -0.4 is 0 Å². The van der Waals surface area contributed by atoms with E-state index in [0.29, 0.717) is 5.75 Å². The van der Waals surface area contributed by atoms with Crippen LogP contribution in [0, 0.1) is 34.6 Å². The molecule has 0 aliphatic rings. The van der Waals surface area contributed by atoms with Crippen LogP contribution in [0.25, 0.3) is 0 Å².